The van der Waals surface area contributed by atoms with Crippen molar-refractivity contribution in [1.29, 1.82) is 0 Å². The fourth-order valence-corrected chi connectivity index (χ4v) is 3.76. The second-order valence-electron chi connectivity index (χ2n) is 5.62. The van der Waals surface area contributed by atoms with Gasteiger partial charge in [0.1, 0.15) is 0 Å². The Morgan fingerprint density at radius 2 is 1.83 bits per heavy atom. The standard InChI is InChI=1S/C15H20F2N2O3S/c1-11(20)18(2)12-7-9-19(10-8-12)13-5-3-4-6-14(13)23(21,22)15(16)17/h3-6,12,15H,7-10H2,1-2H3. The lowest BCUT2D eigenvalue weighted by molar-refractivity contribution is -0.129. The molecule has 0 aromatic heterocycles. The highest BCUT2D eigenvalue weighted by molar-refractivity contribution is 7.91. The van der Waals surface area contributed by atoms with Crippen molar-refractivity contribution in [3.8, 4) is 0 Å². The van der Waals surface area contributed by atoms with Gasteiger partial charge in [-0.15, -0.1) is 0 Å². The zero-order chi connectivity index (χ0) is 17.2. The zero-order valence-corrected chi connectivity index (χ0v) is 13.9. The number of hydrogen-bond acceptors (Lipinski definition) is 4. The molecule has 1 aliphatic heterocycles. The van der Waals surface area contributed by atoms with E-state index in [4.69, 9.17) is 0 Å². The summed E-state index contributed by atoms with van der Waals surface area (Å²) in [4.78, 5) is 14.5. The van der Waals surface area contributed by atoms with Crippen molar-refractivity contribution in [2.24, 2.45) is 0 Å². The molecule has 1 aliphatic rings. The summed E-state index contributed by atoms with van der Waals surface area (Å²) < 4.78 is 49.4. The number of sulfone groups is 1. The Hall–Kier alpha value is -1.70. The van der Waals surface area contributed by atoms with Crippen molar-refractivity contribution in [2.45, 2.75) is 36.5 Å². The van der Waals surface area contributed by atoms with Crippen LogP contribution in [-0.4, -0.2) is 51.2 Å². The highest BCUT2D eigenvalue weighted by atomic mass is 32.2. The Labute approximate surface area is 134 Å². The van der Waals surface area contributed by atoms with Crippen LogP contribution in [0.4, 0.5) is 14.5 Å². The average molecular weight is 346 g/mol. The number of alkyl halides is 2. The van der Waals surface area contributed by atoms with Gasteiger partial charge < -0.3 is 9.80 Å². The number of carbonyl (C=O) groups excluding carboxylic acids is 1. The van der Waals surface area contributed by atoms with Crippen molar-refractivity contribution in [2.75, 3.05) is 25.0 Å². The Kier molecular flexibility index (Phi) is 5.23. The number of benzene rings is 1. The highest BCUT2D eigenvalue weighted by Crippen LogP contribution is 2.31. The molecule has 8 heteroatoms. The van der Waals surface area contributed by atoms with Crippen molar-refractivity contribution < 1.29 is 22.0 Å². The van der Waals surface area contributed by atoms with E-state index >= 15 is 0 Å². The van der Waals surface area contributed by atoms with Crippen LogP contribution in [0.2, 0.25) is 0 Å². The zero-order valence-electron chi connectivity index (χ0n) is 13.1. The molecule has 0 N–H and O–H groups in total. The largest absolute Gasteiger partial charge is 0.370 e. The summed E-state index contributed by atoms with van der Waals surface area (Å²) in [7, 11) is -2.91. The number of anilines is 1. The molecule has 0 spiro atoms. The lowest BCUT2D eigenvalue weighted by Gasteiger charge is -2.38. The monoisotopic (exact) mass is 346 g/mol. The fraction of sp³-hybridized carbons (Fsp3) is 0.533. The maximum atomic E-state index is 12.9. The van der Waals surface area contributed by atoms with Gasteiger partial charge in [0.15, 0.2) is 0 Å². The molecule has 23 heavy (non-hydrogen) atoms. The molecular formula is C15H20F2N2O3S. The van der Waals surface area contributed by atoms with Gasteiger partial charge >= 0.3 is 5.76 Å². The van der Waals surface area contributed by atoms with E-state index in [1.807, 2.05) is 0 Å². The number of piperidine rings is 1. The predicted molar refractivity (Wildman–Crippen MR) is 83.3 cm³/mol. The molecule has 1 heterocycles. The van der Waals surface area contributed by atoms with Gasteiger partial charge in [-0.25, -0.2) is 8.42 Å². The summed E-state index contributed by atoms with van der Waals surface area (Å²) in [6.45, 7) is 2.52. The summed E-state index contributed by atoms with van der Waals surface area (Å²) in [5.74, 6) is -3.46. The summed E-state index contributed by atoms with van der Waals surface area (Å²) in [5.41, 5.74) is 0.303. The third-order valence-electron chi connectivity index (χ3n) is 4.26. The number of nitrogens with zero attached hydrogens (tertiary/aromatic N) is 2. The Morgan fingerprint density at radius 3 is 2.35 bits per heavy atom. The summed E-state index contributed by atoms with van der Waals surface area (Å²) in [6.07, 6.45) is 1.33. The van der Waals surface area contributed by atoms with Crippen molar-refractivity contribution in [3.63, 3.8) is 0 Å². The van der Waals surface area contributed by atoms with Gasteiger partial charge in [0, 0.05) is 33.1 Å². The molecule has 1 amide bonds. The molecule has 1 fully saturated rings. The second kappa shape index (κ2) is 6.82. The molecular weight excluding hydrogens is 326 g/mol. The van der Waals surface area contributed by atoms with Gasteiger partial charge in [-0.3, -0.25) is 4.79 Å². The quantitative estimate of drug-likeness (QED) is 0.838. The molecule has 0 saturated carbocycles. The van der Waals surface area contributed by atoms with E-state index in [2.05, 4.69) is 0 Å². The highest BCUT2D eigenvalue weighted by Gasteiger charge is 2.32. The van der Waals surface area contributed by atoms with E-state index in [0.29, 0.717) is 31.6 Å². The van der Waals surface area contributed by atoms with Crippen LogP contribution in [0.5, 0.6) is 0 Å². The normalized spacial score (nSPS) is 16.7. The van der Waals surface area contributed by atoms with Crippen LogP contribution in [0.15, 0.2) is 29.2 Å². The van der Waals surface area contributed by atoms with E-state index < -0.39 is 15.6 Å². The van der Waals surface area contributed by atoms with Crippen LogP contribution in [-0.2, 0) is 14.6 Å². The van der Waals surface area contributed by atoms with Crippen LogP contribution in [0, 0.1) is 0 Å². The SMILES string of the molecule is CC(=O)N(C)C1CCN(c2ccccc2S(=O)(=O)C(F)F)CC1. The molecule has 1 aromatic carbocycles. The minimum Gasteiger partial charge on any atom is -0.370 e. The molecule has 2 rings (SSSR count). The van der Waals surface area contributed by atoms with Gasteiger partial charge in [-0.05, 0) is 25.0 Å². The minimum atomic E-state index is -4.64. The molecule has 128 valence electrons. The Bertz CT molecular complexity index is 671. The van der Waals surface area contributed by atoms with E-state index in [1.165, 1.54) is 19.1 Å². The molecule has 0 radical (unpaired) electrons. The summed E-state index contributed by atoms with van der Waals surface area (Å²) in [6, 6.07) is 5.92. The molecule has 1 aromatic rings. The number of hydrogen-bond donors (Lipinski definition) is 0. The first-order chi connectivity index (χ1) is 10.7. The third-order valence-corrected chi connectivity index (χ3v) is 5.68. The fourth-order valence-electron chi connectivity index (χ4n) is 2.81. The van der Waals surface area contributed by atoms with Crippen molar-refractivity contribution in [3.05, 3.63) is 24.3 Å². The van der Waals surface area contributed by atoms with E-state index in [-0.39, 0.29) is 16.8 Å². The molecule has 5 nitrogen and oxygen atoms in total. The van der Waals surface area contributed by atoms with Gasteiger partial charge in [0.05, 0.1) is 10.6 Å². The van der Waals surface area contributed by atoms with Crippen LogP contribution < -0.4 is 4.90 Å². The molecule has 0 unspecified atom stereocenters. The first-order valence-electron chi connectivity index (χ1n) is 7.34. The van der Waals surface area contributed by atoms with Crippen molar-refractivity contribution in [1.82, 2.24) is 4.90 Å². The lowest BCUT2D eigenvalue weighted by atomic mass is 10.0. The number of rotatable bonds is 4. The smallest absolute Gasteiger partial charge is 0.341 e. The molecule has 0 atom stereocenters. The van der Waals surface area contributed by atoms with E-state index in [9.17, 15) is 22.0 Å². The van der Waals surface area contributed by atoms with Gasteiger partial charge in [-0.1, -0.05) is 12.1 Å². The molecule has 0 aliphatic carbocycles. The molecule has 1 saturated heterocycles. The number of carbonyl (C=O) groups is 1. The van der Waals surface area contributed by atoms with Crippen LogP contribution in [0.1, 0.15) is 19.8 Å². The van der Waals surface area contributed by atoms with E-state index in [1.54, 1.807) is 29.0 Å². The maximum Gasteiger partial charge on any atom is 0.341 e. The second-order valence-corrected chi connectivity index (χ2v) is 7.51. The van der Waals surface area contributed by atoms with Gasteiger partial charge in [0.25, 0.3) is 0 Å². The van der Waals surface area contributed by atoms with Gasteiger partial charge in [-0.2, -0.15) is 8.78 Å². The average Bonchev–Trinajstić information content (AvgIpc) is 2.54. The number of amides is 1. The third kappa shape index (κ3) is 3.63. The minimum absolute atomic E-state index is 0.0240. The van der Waals surface area contributed by atoms with Crippen LogP contribution in [0.3, 0.4) is 0 Å². The van der Waals surface area contributed by atoms with Crippen LogP contribution in [0.25, 0.3) is 0 Å². The van der Waals surface area contributed by atoms with E-state index in [0.717, 1.165) is 0 Å². The first-order valence-corrected chi connectivity index (χ1v) is 8.89. The number of para-hydroxylation sites is 1. The van der Waals surface area contributed by atoms with Crippen molar-refractivity contribution >= 4 is 21.4 Å². The maximum absolute atomic E-state index is 12.9. The Balaban J connectivity index is 2.21. The van der Waals surface area contributed by atoms with Crippen LogP contribution >= 0.6 is 0 Å². The summed E-state index contributed by atoms with van der Waals surface area (Å²) in [5, 5.41) is 0. The van der Waals surface area contributed by atoms with Gasteiger partial charge in [0.2, 0.25) is 15.7 Å². The topological polar surface area (TPSA) is 57.7 Å². The first kappa shape index (κ1) is 17.7. The lowest BCUT2D eigenvalue weighted by Crippen LogP contribution is -2.45. The predicted octanol–water partition coefficient (Wildman–Crippen LogP) is 2.13. The summed E-state index contributed by atoms with van der Waals surface area (Å²) >= 11 is 0. The number of halogens is 2. The Morgan fingerprint density at radius 1 is 1.26 bits per heavy atom. The molecule has 0 bridgehead atoms.